The zero-order valence-electron chi connectivity index (χ0n) is 63.5. The Hall–Kier alpha value is -4.65. The molecular formula is C88H145NO13. The lowest BCUT2D eigenvalue weighted by atomic mass is 9.97. The average molecular weight is 1430 g/mol. The molecule has 9 N–H and O–H groups in total. The first kappa shape index (κ1) is 93.4. The highest BCUT2D eigenvalue weighted by molar-refractivity contribution is 5.76. The van der Waals surface area contributed by atoms with Gasteiger partial charge in [0.15, 0.2) is 12.6 Å². The van der Waals surface area contributed by atoms with E-state index < -0.39 is 86.8 Å². The van der Waals surface area contributed by atoms with Crippen LogP contribution in [0.2, 0.25) is 0 Å². The van der Waals surface area contributed by atoms with E-state index in [0.29, 0.717) is 12.8 Å². The normalized spacial score (nSPS) is 22.6. The molecular weight excluding hydrogens is 1280 g/mol. The molecule has 12 atom stereocenters. The van der Waals surface area contributed by atoms with Crippen LogP contribution in [0.3, 0.4) is 0 Å². The van der Waals surface area contributed by atoms with Crippen molar-refractivity contribution in [3.63, 3.8) is 0 Å². The second-order valence-electron chi connectivity index (χ2n) is 27.4. The van der Waals surface area contributed by atoms with E-state index in [1.165, 1.54) is 135 Å². The molecule has 2 aliphatic rings. The smallest absolute Gasteiger partial charge is 0.220 e. The molecule has 0 saturated carbocycles. The minimum atomic E-state index is -1.81. The second kappa shape index (κ2) is 69.4. The molecule has 2 saturated heterocycles. The van der Waals surface area contributed by atoms with Crippen LogP contribution >= 0.6 is 0 Å². The van der Waals surface area contributed by atoms with E-state index in [4.69, 9.17) is 18.9 Å². The molecule has 2 rings (SSSR count). The van der Waals surface area contributed by atoms with Crippen LogP contribution in [-0.2, 0) is 23.7 Å². The Labute approximate surface area is 619 Å². The first-order valence-corrected chi connectivity index (χ1v) is 40.4. The van der Waals surface area contributed by atoms with E-state index in [2.05, 4.69) is 177 Å². The van der Waals surface area contributed by atoms with Gasteiger partial charge in [0.25, 0.3) is 0 Å². The van der Waals surface area contributed by atoms with Crippen LogP contribution in [0, 0.1) is 0 Å². The van der Waals surface area contributed by atoms with E-state index in [1.807, 2.05) is 6.08 Å². The second-order valence-corrected chi connectivity index (χ2v) is 27.4. The lowest BCUT2D eigenvalue weighted by Crippen LogP contribution is -2.65. The van der Waals surface area contributed by atoms with Crippen molar-refractivity contribution in [2.45, 2.75) is 357 Å². The van der Waals surface area contributed by atoms with Crippen molar-refractivity contribution in [1.29, 1.82) is 0 Å². The van der Waals surface area contributed by atoms with Crippen molar-refractivity contribution in [2.75, 3.05) is 19.8 Å². The number of unbranched alkanes of at least 4 members (excludes halogenated alkanes) is 26. The monoisotopic (exact) mass is 1420 g/mol. The van der Waals surface area contributed by atoms with Gasteiger partial charge in [-0.15, -0.1) is 0 Å². The van der Waals surface area contributed by atoms with E-state index in [0.717, 1.165) is 116 Å². The maximum Gasteiger partial charge on any atom is 0.220 e. The van der Waals surface area contributed by atoms with Gasteiger partial charge >= 0.3 is 0 Å². The maximum atomic E-state index is 13.4. The maximum absolute atomic E-state index is 13.4. The molecule has 102 heavy (non-hydrogen) atoms. The summed E-state index contributed by atoms with van der Waals surface area (Å²) < 4.78 is 22.9. The number of amides is 1. The van der Waals surface area contributed by atoms with Gasteiger partial charge in [-0.05, 0) is 128 Å². The quantitative estimate of drug-likeness (QED) is 0.0204. The van der Waals surface area contributed by atoms with E-state index >= 15 is 0 Å². The number of carbonyl (C=O) groups excluding carboxylic acids is 1. The van der Waals surface area contributed by atoms with Crippen LogP contribution in [0.5, 0.6) is 0 Å². The van der Waals surface area contributed by atoms with Gasteiger partial charge in [0.2, 0.25) is 5.91 Å². The van der Waals surface area contributed by atoms with Crippen LogP contribution in [0.15, 0.2) is 170 Å². The molecule has 0 aromatic heterocycles. The van der Waals surface area contributed by atoms with Crippen molar-refractivity contribution in [3.8, 4) is 0 Å². The summed E-state index contributed by atoms with van der Waals surface area (Å²) in [4.78, 5) is 13.4. The molecule has 0 spiro atoms. The highest BCUT2D eigenvalue weighted by Crippen LogP contribution is 2.30. The van der Waals surface area contributed by atoms with Crippen molar-refractivity contribution >= 4 is 5.91 Å². The Kier molecular flexibility index (Phi) is 63.6. The molecule has 0 radical (unpaired) electrons. The van der Waals surface area contributed by atoms with Crippen molar-refractivity contribution in [3.05, 3.63) is 170 Å². The average Bonchev–Trinajstić information content (AvgIpc) is 0.790. The minimum Gasteiger partial charge on any atom is -0.394 e. The van der Waals surface area contributed by atoms with Crippen LogP contribution in [-0.4, -0.2) is 140 Å². The Bertz CT molecular complexity index is 2380. The van der Waals surface area contributed by atoms with Crippen molar-refractivity contribution < 1.29 is 64.6 Å². The fourth-order valence-electron chi connectivity index (χ4n) is 12.0. The molecule has 14 heteroatoms. The number of allylic oxidation sites excluding steroid dienone is 27. The fraction of sp³-hybridized carbons (Fsp3) is 0.670. The number of aliphatic hydroxyl groups is 8. The molecule has 2 fully saturated rings. The van der Waals surface area contributed by atoms with Gasteiger partial charge in [-0.1, -0.05) is 319 Å². The molecule has 12 unspecified atom stereocenters. The van der Waals surface area contributed by atoms with Crippen molar-refractivity contribution in [2.24, 2.45) is 0 Å². The molecule has 0 aliphatic carbocycles. The fourth-order valence-corrected chi connectivity index (χ4v) is 12.0. The first-order valence-electron chi connectivity index (χ1n) is 40.4. The number of aliphatic hydroxyl groups excluding tert-OH is 8. The van der Waals surface area contributed by atoms with Gasteiger partial charge < -0.3 is 65.1 Å². The summed E-state index contributed by atoms with van der Waals surface area (Å²) in [7, 11) is 0. The van der Waals surface area contributed by atoms with Gasteiger partial charge in [0.1, 0.15) is 48.8 Å². The van der Waals surface area contributed by atoms with Crippen LogP contribution in [0.25, 0.3) is 0 Å². The molecule has 2 heterocycles. The molecule has 2 aliphatic heterocycles. The topological polar surface area (TPSA) is 228 Å². The molecule has 580 valence electrons. The minimum absolute atomic E-state index is 0.218. The summed E-state index contributed by atoms with van der Waals surface area (Å²) >= 11 is 0. The van der Waals surface area contributed by atoms with E-state index in [-0.39, 0.29) is 18.9 Å². The molecule has 14 nitrogen and oxygen atoms in total. The number of carbonyl (C=O) groups is 1. The predicted molar refractivity (Wildman–Crippen MR) is 424 cm³/mol. The lowest BCUT2D eigenvalue weighted by molar-refractivity contribution is -0.359. The third-order valence-electron chi connectivity index (χ3n) is 18.4. The van der Waals surface area contributed by atoms with Gasteiger partial charge in [-0.25, -0.2) is 0 Å². The summed E-state index contributed by atoms with van der Waals surface area (Å²) in [6.45, 7) is 2.65. The SMILES string of the molecule is CC/C=C\C/C=C\C/C=C\C/C=C\C/C=C\C/C=C\C/C=C\C/C=C\C/C=C\C/C=C\C/C=C\CCCCCC(=O)NC(COC1OC(CO)C(OC2OC(CO)C(O)C(O)C2O)C(O)C1O)C(O)/C=C/CC/C=C/CC/C=C/CCCCCCCCCCCCCCCCCCCCCCC. The highest BCUT2D eigenvalue weighted by atomic mass is 16.7. The third-order valence-corrected chi connectivity index (χ3v) is 18.4. The van der Waals surface area contributed by atoms with Crippen LogP contribution in [0.1, 0.15) is 284 Å². The van der Waals surface area contributed by atoms with Crippen LogP contribution < -0.4 is 5.32 Å². The highest BCUT2D eigenvalue weighted by Gasteiger charge is 2.51. The number of rotatable bonds is 65. The number of nitrogens with one attached hydrogen (secondary N) is 1. The Balaban J connectivity index is 1.69. The standard InChI is InChI=1S/C88H145NO13/c1-3-5-7-9-11-13-15-17-19-21-23-25-27-29-31-33-35-36-37-38-39-40-42-44-46-48-50-52-54-56-58-60-62-64-66-68-70-72-80(93)89-76(75-99-87-85(98)83(96)86(79(74-91)101-87)102-88-84(97)82(95)81(94)78(73-90)100-88)77(92)71-69-67-65-63-61-59-57-55-53-51-49-47-45-43-41-34-32-30-28-26-24-22-20-18-16-14-12-10-8-6-4-2/h5,7,11,13,17,19,23,25,29,31,35-36,38-39,42,44,48,50,53-56,60-63,69,71,76-79,81-88,90-92,94-98H,3-4,6,8-10,12,14-16,18,20-22,24,26-28,30,32-34,37,40-41,43,45-47,49,51-52,57-59,64-68,70,72-75H2,1-2H3,(H,89,93)/b7-5-,13-11-,19-17-,25-23-,31-29-,36-35-,39-38-,44-42-,50-48-,55-53+,56-54-,62-60-,63-61+,71-69+. The van der Waals surface area contributed by atoms with Crippen LogP contribution in [0.4, 0.5) is 0 Å². The van der Waals surface area contributed by atoms with Gasteiger partial charge in [0.05, 0.1) is 32.0 Å². The largest absolute Gasteiger partial charge is 0.394 e. The Morgan fingerprint density at radius 2 is 0.686 bits per heavy atom. The van der Waals surface area contributed by atoms with Gasteiger partial charge in [0, 0.05) is 6.42 Å². The summed E-state index contributed by atoms with van der Waals surface area (Å²) in [5.74, 6) is -0.290. The summed E-state index contributed by atoms with van der Waals surface area (Å²) in [5, 5.41) is 87.6. The first-order chi connectivity index (χ1) is 50.1. The summed E-state index contributed by atoms with van der Waals surface area (Å²) in [5.41, 5.74) is 0. The number of hydrogen-bond donors (Lipinski definition) is 9. The van der Waals surface area contributed by atoms with Gasteiger partial charge in [-0.2, -0.15) is 0 Å². The van der Waals surface area contributed by atoms with E-state index in [9.17, 15) is 45.6 Å². The zero-order valence-corrected chi connectivity index (χ0v) is 63.5. The third kappa shape index (κ3) is 51.5. The number of hydrogen-bond acceptors (Lipinski definition) is 13. The van der Waals surface area contributed by atoms with Crippen molar-refractivity contribution in [1.82, 2.24) is 5.32 Å². The summed E-state index contributed by atoms with van der Waals surface area (Å²) in [6.07, 6.45) is 91.4. The molecule has 0 aromatic carbocycles. The lowest BCUT2D eigenvalue weighted by Gasteiger charge is -2.46. The molecule has 1 amide bonds. The Morgan fingerprint density at radius 3 is 1.08 bits per heavy atom. The molecule has 0 bridgehead atoms. The number of ether oxygens (including phenoxy) is 4. The zero-order chi connectivity index (χ0) is 73.7. The molecule has 0 aromatic rings. The Morgan fingerprint density at radius 1 is 0.363 bits per heavy atom. The van der Waals surface area contributed by atoms with Gasteiger partial charge in [-0.3, -0.25) is 4.79 Å². The summed E-state index contributed by atoms with van der Waals surface area (Å²) in [6, 6.07) is -0.972. The van der Waals surface area contributed by atoms with E-state index in [1.54, 1.807) is 6.08 Å². The predicted octanol–water partition coefficient (Wildman–Crippen LogP) is 18.7.